The molecular weight excluding hydrogens is 192 g/mol. The number of phenolic OH excluding ortho intramolecular Hbond substituents is 1. The summed E-state index contributed by atoms with van der Waals surface area (Å²) >= 11 is 4.17. The normalized spacial score (nSPS) is 10.4. The van der Waals surface area contributed by atoms with Gasteiger partial charge in [0.05, 0.1) is 0 Å². The lowest BCUT2D eigenvalue weighted by Gasteiger charge is -2.06. The fourth-order valence-electron chi connectivity index (χ4n) is 1.55. The molecule has 1 nitrogen and oxygen atoms in total. The first-order valence-corrected chi connectivity index (χ1v) is 5.82. The number of hydrogen-bond acceptors (Lipinski definition) is 2. The van der Waals surface area contributed by atoms with Crippen LogP contribution in [-0.4, -0.2) is 10.9 Å². The van der Waals surface area contributed by atoms with E-state index in [0.717, 1.165) is 37.0 Å². The molecule has 1 rings (SSSR count). The van der Waals surface area contributed by atoms with Crippen molar-refractivity contribution in [3.8, 4) is 5.75 Å². The van der Waals surface area contributed by atoms with E-state index in [1.165, 1.54) is 5.56 Å². The molecule has 2 heteroatoms. The largest absolute Gasteiger partial charge is 0.508 e. The van der Waals surface area contributed by atoms with Crippen molar-refractivity contribution in [2.24, 2.45) is 0 Å². The minimum absolute atomic E-state index is 0.423. The van der Waals surface area contributed by atoms with E-state index in [9.17, 15) is 5.11 Å². The van der Waals surface area contributed by atoms with Crippen molar-refractivity contribution in [2.45, 2.75) is 32.6 Å². The molecule has 0 radical (unpaired) electrons. The van der Waals surface area contributed by atoms with Crippen molar-refractivity contribution in [1.29, 1.82) is 0 Å². The third-order valence-corrected chi connectivity index (χ3v) is 2.60. The maximum Gasteiger partial charge on any atom is 0.118 e. The lowest BCUT2D eigenvalue weighted by Crippen LogP contribution is -1.91. The molecule has 0 aromatic heterocycles. The Morgan fingerprint density at radius 2 is 2.07 bits per heavy atom. The zero-order chi connectivity index (χ0) is 10.4. The summed E-state index contributed by atoms with van der Waals surface area (Å²) in [6, 6.07) is 5.92. The molecule has 0 unspecified atom stereocenters. The van der Waals surface area contributed by atoms with Crippen LogP contribution < -0.4 is 0 Å². The fourth-order valence-corrected chi connectivity index (χ4v) is 1.71. The topological polar surface area (TPSA) is 20.2 Å². The Balaban J connectivity index is 2.74. The van der Waals surface area contributed by atoms with Gasteiger partial charge in [0, 0.05) is 0 Å². The van der Waals surface area contributed by atoms with E-state index in [-0.39, 0.29) is 0 Å². The van der Waals surface area contributed by atoms with Crippen molar-refractivity contribution < 1.29 is 5.11 Å². The molecule has 0 fully saturated rings. The Bertz CT molecular complexity index is 284. The van der Waals surface area contributed by atoms with Crippen LogP contribution in [0.4, 0.5) is 0 Å². The van der Waals surface area contributed by atoms with Crippen LogP contribution in [0.5, 0.6) is 5.75 Å². The molecule has 1 aromatic rings. The van der Waals surface area contributed by atoms with Gasteiger partial charge in [0.2, 0.25) is 0 Å². The molecule has 0 saturated heterocycles. The molecule has 0 spiro atoms. The predicted octanol–water partition coefficient (Wildman–Crippen LogP) is 3.21. The summed E-state index contributed by atoms with van der Waals surface area (Å²) in [6.45, 7) is 2.17. The van der Waals surface area contributed by atoms with Gasteiger partial charge in [-0.15, -0.1) is 0 Å². The third-order valence-electron chi connectivity index (χ3n) is 2.29. The van der Waals surface area contributed by atoms with Crippen molar-refractivity contribution in [3.63, 3.8) is 0 Å². The zero-order valence-corrected chi connectivity index (χ0v) is 9.56. The van der Waals surface area contributed by atoms with E-state index < -0.39 is 0 Å². The van der Waals surface area contributed by atoms with E-state index in [4.69, 9.17) is 0 Å². The summed E-state index contributed by atoms with van der Waals surface area (Å²) in [4.78, 5) is 0. The van der Waals surface area contributed by atoms with Crippen molar-refractivity contribution in [3.05, 3.63) is 29.3 Å². The Morgan fingerprint density at radius 1 is 1.29 bits per heavy atom. The van der Waals surface area contributed by atoms with Crippen LogP contribution in [0.3, 0.4) is 0 Å². The fraction of sp³-hybridized carbons (Fsp3) is 0.500. The molecule has 0 aliphatic rings. The molecule has 0 bridgehead atoms. The first kappa shape index (κ1) is 11.4. The maximum atomic E-state index is 9.60. The van der Waals surface area contributed by atoms with E-state index in [2.05, 4.69) is 25.6 Å². The molecule has 1 aromatic carbocycles. The van der Waals surface area contributed by atoms with Crippen molar-refractivity contribution in [2.75, 3.05) is 5.75 Å². The van der Waals surface area contributed by atoms with Crippen molar-refractivity contribution in [1.82, 2.24) is 0 Å². The first-order chi connectivity index (χ1) is 6.77. The molecule has 0 heterocycles. The van der Waals surface area contributed by atoms with Gasteiger partial charge in [0.1, 0.15) is 5.75 Å². The summed E-state index contributed by atoms with van der Waals surface area (Å²) in [7, 11) is 0. The number of hydrogen-bond donors (Lipinski definition) is 2. The quantitative estimate of drug-likeness (QED) is 0.715. The number of aryl methyl sites for hydroxylation is 2. The summed E-state index contributed by atoms with van der Waals surface area (Å²) < 4.78 is 0. The molecule has 0 amide bonds. The second-order valence-electron chi connectivity index (χ2n) is 3.54. The van der Waals surface area contributed by atoms with Gasteiger partial charge in [0.15, 0.2) is 0 Å². The first-order valence-electron chi connectivity index (χ1n) is 5.19. The van der Waals surface area contributed by atoms with Gasteiger partial charge in [-0.05, 0) is 42.2 Å². The van der Waals surface area contributed by atoms with Crippen molar-refractivity contribution >= 4 is 12.6 Å². The summed E-state index contributed by atoms with van der Waals surface area (Å²) in [6.07, 6.45) is 4.18. The van der Waals surface area contributed by atoms with Gasteiger partial charge >= 0.3 is 0 Å². The SMILES string of the molecule is CCCc1ccc(O)c(CCCS)c1. The highest BCUT2D eigenvalue weighted by atomic mass is 32.1. The van der Waals surface area contributed by atoms with Gasteiger partial charge < -0.3 is 5.11 Å². The Kier molecular flexibility index (Phi) is 4.88. The Labute approximate surface area is 91.6 Å². The molecule has 0 aliphatic carbocycles. The summed E-state index contributed by atoms with van der Waals surface area (Å²) in [5.74, 6) is 1.30. The molecular formula is C12H18OS. The Hall–Kier alpha value is -0.630. The summed E-state index contributed by atoms with van der Waals surface area (Å²) in [5.41, 5.74) is 2.38. The lowest BCUT2D eigenvalue weighted by molar-refractivity contribution is 0.467. The Morgan fingerprint density at radius 3 is 2.71 bits per heavy atom. The van der Waals surface area contributed by atoms with Gasteiger partial charge in [0.25, 0.3) is 0 Å². The highest BCUT2D eigenvalue weighted by Crippen LogP contribution is 2.20. The molecule has 1 N–H and O–H groups in total. The van der Waals surface area contributed by atoms with E-state index in [1.54, 1.807) is 6.07 Å². The molecule has 78 valence electrons. The van der Waals surface area contributed by atoms with Gasteiger partial charge in [-0.3, -0.25) is 0 Å². The number of phenols is 1. The standard InChI is InChI=1S/C12H18OS/c1-2-4-10-6-7-12(13)11(9-10)5-3-8-14/h6-7,9,13-14H,2-5,8H2,1H3. The smallest absolute Gasteiger partial charge is 0.118 e. The second kappa shape index (κ2) is 5.97. The maximum absolute atomic E-state index is 9.60. The van der Waals surface area contributed by atoms with Crippen LogP contribution in [0.1, 0.15) is 30.9 Å². The van der Waals surface area contributed by atoms with Gasteiger partial charge in [-0.25, -0.2) is 0 Å². The molecule has 0 aliphatic heterocycles. The number of benzene rings is 1. The van der Waals surface area contributed by atoms with Crippen LogP contribution in [0, 0.1) is 0 Å². The number of thiol groups is 1. The second-order valence-corrected chi connectivity index (χ2v) is 3.99. The average molecular weight is 210 g/mol. The molecule has 0 saturated carbocycles. The third kappa shape index (κ3) is 3.26. The molecule has 14 heavy (non-hydrogen) atoms. The van der Waals surface area contributed by atoms with E-state index in [1.807, 2.05) is 6.07 Å². The van der Waals surface area contributed by atoms with Crippen LogP contribution >= 0.6 is 12.6 Å². The lowest BCUT2D eigenvalue weighted by atomic mass is 10.0. The highest BCUT2D eigenvalue weighted by molar-refractivity contribution is 7.80. The number of aromatic hydroxyl groups is 1. The van der Waals surface area contributed by atoms with Gasteiger partial charge in [-0.1, -0.05) is 25.5 Å². The summed E-state index contributed by atoms with van der Waals surface area (Å²) in [5, 5.41) is 9.60. The highest BCUT2D eigenvalue weighted by Gasteiger charge is 2.01. The van der Waals surface area contributed by atoms with E-state index >= 15 is 0 Å². The molecule has 0 atom stereocenters. The van der Waals surface area contributed by atoms with Crippen LogP contribution in [0.2, 0.25) is 0 Å². The van der Waals surface area contributed by atoms with Gasteiger partial charge in [-0.2, -0.15) is 12.6 Å². The van der Waals surface area contributed by atoms with Crippen LogP contribution in [0.25, 0.3) is 0 Å². The minimum atomic E-state index is 0.423. The number of rotatable bonds is 5. The van der Waals surface area contributed by atoms with Crippen LogP contribution in [-0.2, 0) is 12.8 Å². The van der Waals surface area contributed by atoms with Crippen LogP contribution in [0.15, 0.2) is 18.2 Å². The predicted molar refractivity (Wildman–Crippen MR) is 64.3 cm³/mol. The van der Waals surface area contributed by atoms with E-state index in [0.29, 0.717) is 5.75 Å². The monoisotopic (exact) mass is 210 g/mol. The zero-order valence-electron chi connectivity index (χ0n) is 8.66. The minimum Gasteiger partial charge on any atom is -0.508 e. The average Bonchev–Trinajstić information content (AvgIpc) is 2.19.